The van der Waals surface area contributed by atoms with Crippen molar-refractivity contribution in [2.75, 3.05) is 19.8 Å². The molecule has 4 nitrogen and oxygen atoms in total. The lowest BCUT2D eigenvalue weighted by molar-refractivity contribution is -0.111. The Morgan fingerprint density at radius 2 is 1.94 bits per heavy atom. The number of rotatable bonds is 3. The van der Waals surface area contributed by atoms with Crippen molar-refractivity contribution in [3.05, 3.63) is 0 Å². The van der Waals surface area contributed by atoms with E-state index in [0.717, 1.165) is 12.5 Å². The molecule has 1 aliphatic heterocycles. The molecule has 1 heterocycles. The van der Waals surface area contributed by atoms with Crippen LogP contribution in [0.15, 0.2) is 0 Å². The summed E-state index contributed by atoms with van der Waals surface area (Å²) < 4.78 is 11.2. The molecule has 0 bridgehead atoms. The SMILES string of the molecule is CC1CCC(C(NN)C2COCCO2)CC1. The fourth-order valence-electron chi connectivity index (χ4n) is 2.91. The van der Waals surface area contributed by atoms with Gasteiger partial charge in [0.25, 0.3) is 0 Å². The van der Waals surface area contributed by atoms with Gasteiger partial charge in [-0.25, -0.2) is 0 Å². The van der Waals surface area contributed by atoms with Crippen molar-refractivity contribution in [3.63, 3.8) is 0 Å². The van der Waals surface area contributed by atoms with Crippen molar-refractivity contribution in [1.29, 1.82) is 0 Å². The first-order valence-electron chi connectivity index (χ1n) is 6.46. The first kappa shape index (κ1) is 12.3. The number of hydrogen-bond donors (Lipinski definition) is 2. The summed E-state index contributed by atoms with van der Waals surface area (Å²) in [5, 5.41) is 0. The molecule has 0 aromatic rings. The van der Waals surface area contributed by atoms with Gasteiger partial charge in [0.05, 0.1) is 32.0 Å². The van der Waals surface area contributed by atoms with Crippen LogP contribution in [0.25, 0.3) is 0 Å². The Morgan fingerprint density at radius 1 is 1.19 bits per heavy atom. The number of hydrogen-bond acceptors (Lipinski definition) is 4. The highest BCUT2D eigenvalue weighted by atomic mass is 16.6. The average molecular weight is 228 g/mol. The van der Waals surface area contributed by atoms with Gasteiger partial charge in [0.1, 0.15) is 0 Å². The Labute approximate surface area is 97.8 Å². The molecule has 0 spiro atoms. The molecule has 2 unspecified atom stereocenters. The number of nitrogens with one attached hydrogen (secondary N) is 1. The van der Waals surface area contributed by atoms with Crippen molar-refractivity contribution >= 4 is 0 Å². The van der Waals surface area contributed by atoms with Crippen LogP contribution < -0.4 is 11.3 Å². The van der Waals surface area contributed by atoms with Crippen molar-refractivity contribution in [3.8, 4) is 0 Å². The molecule has 2 aliphatic rings. The van der Waals surface area contributed by atoms with Crippen molar-refractivity contribution < 1.29 is 9.47 Å². The molecule has 0 radical (unpaired) electrons. The maximum Gasteiger partial charge on any atom is 0.0978 e. The van der Waals surface area contributed by atoms with Crippen LogP contribution in [-0.2, 0) is 9.47 Å². The average Bonchev–Trinajstić information content (AvgIpc) is 2.34. The lowest BCUT2D eigenvalue weighted by atomic mass is 9.78. The summed E-state index contributed by atoms with van der Waals surface area (Å²) in [6, 6.07) is 0.257. The van der Waals surface area contributed by atoms with Crippen molar-refractivity contribution in [2.45, 2.75) is 44.8 Å². The third-order valence-electron chi connectivity index (χ3n) is 4.00. The van der Waals surface area contributed by atoms with Crippen LogP contribution in [-0.4, -0.2) is 32.0 Å². The lowest BCUT2D eigenvalue weighted by Crippen LogP contribution is -2.53. The number of ether oxygens (including phenoxy) is 2. The molecule has 1 saturated carbocycles. The minimum atomic E-state index is 0.136. The molecular weight excluding hydrogens is 204 g/mol. The van der Waals surface area contributed by atoms with E-state index in [2.05, 4.69) is 12.3 Å². The Kier molecular flexibility index (Phi) is 4.58. The van der Waals surface area contributed by atoms with Gasteiger partial charge in [-0.3, -0.25) is 11.3 Å². The number of nitrogens with two attached hydrogens (primary N) is 1. The minimum Gasteiger partial charge on any atom is -0.376 e. The molecular formula is C12H24N2O2. The third kappa shape index (κ3) is 2.94. The van der Waals surface area contributed by atoms with Gasteiger partial charge >= 0.3 is 0 Å². The van der Waals surface area contributed by atoms with Crippen LogP contribution in [0.3, 0.4) is 0 Å². The van der Waals surface area contributed by atoms with Gasteiger partial charge in [-0.15, -0.1) is 0 Å². The first-order valence-corrected chi connectivity index (χ1v) is 6.46. The van der Waals surface area contributed by atoms with Gasteiger partial charge in [-0.1, -0.05) is 19.8 Å². The molecule has 2 fully saturated rings. The van der Waals surface area contributed by atoms with Gasteiger partial charge in [0, 0.05) is 0 Å². The second kappa shape index (κ2) is 5.96. The molecule has 1 saturated heterocycles. The summed E-state index contributed by atoms with van der Waals surface area (Å²) >= 11 is 0. The summed E-state index contributed by atoms with van der Waals surface area (Å²) in [5.41, 5.74) is 2.95. The zero-order valence-corrected chi connectivity index (χ0v) is 10.2. The predicted octanol–water partition coefficient (Wildman–Crippen LogP) is 1.06. The van der Waals surface area contributed by atoms with Gasteiger partial charge in [0.2, 0.25) is 0 Å². The van der Waals surface area contributed by atoms with E-state index in [4.69, 9.17) is 15.3 Å². The Morgan fingerprint density at radius 3 is 2.50 bits per heavy atom. The van der Waals surface area contributed by atoms with E-state index in [0.29, 0.717) is 19.1 Å². The first-order chi connectivity index (χ1) is 7.81. The predicted molar refractivity (Wildman–Crippen MR) is 62.8 cm³/mol. The van der Waals surface area contributed by atoms with Gasteiger partial charge < -0.3 is 9.47 Å². The van der Waals surface area contributed by atoms with Gasteiger partial charge in [-0.2, -0.15) is 0 Å². The van der Waals surface area contributed by atoms with Crippen LogP contribution in [0.4, 0.5) is 0 Å². The van der Waals surface area contributed by atoms with Crippen LogP contribution in [0, 0.1) is 11.8 Å². The summed E-state index contributed by atoms with van der Waals surface area (Å²) in [7, 11) is 0. The molecule has 0 aromatic heterocycles. The van der Waals surface area contributed by atoms with Crippen LogP contribution >= 0.6 is 0 Å². The van der Waals surface area contributed by atoms with Crippen LogP contribution in [0.2, 0.25) is 0 Å². The summed E-state index contributed by atoms with van der Waals surface area (Å²) in [6.45, 7) is 4.43. The van der Waals surface area contributed by atoms with E-state index >= 15 is 0 Å². The Hall–Kier alpha value is -0.160. The van der Waals surface area contributed by atoms with E-state index in [1.54, 1.807) is 0 Å². The zero-order valence-electron chi connectivity index (χ0n) is 10.2. The fraction of sp³-hybridized carbons (Fsp3) is 1.00. The maximum absolute atomic E-state index is 5.74. The van der Waals surface area contributed by atoms with Gasteiger partial charge in [0.15, 0.2) is 0 Å². The lowest BCUT2D eigenvalue weighted by Gasteiger charge is -2.38. The van der Waals surface area contributed by atoms with E-state index < -0.39 is 0 Å². The van der Waals surface area contributed by atoms with Crippen molar-refractivity contribution in [2.24, 2.45) is 17.7 Å². The molecule has 0 amide bonds. The molecule has 2 rings (SSSR count). The molecule has 3 N–H and O–H groups in total. The molecule has 2 atom stereocenters. The zero-order chi connectivity index (χ0) is 11.4. The number of hydrazine groups is 1. The topological polar surface area (TPSA) is 56.5 Å². The minimum absolute atomic E-state index is 0.136. The van der Waals surface area contributed by atoms with E-state index in [1.807, 2.05) is 0 Å². The summed E-state index contributed by atoms with van der Waals surface area (Å²) in [6.07, 6.45) is 5.29. The second-order valence-electron chi connectivity index (χ2n) is 5.20. The normalized spacial score (nSPS) is 38.2. The molecule has 16 heavy (non-hydrogen) atoms. The summed E-state index contributed by atoms with van der Waals surface area (Å²) in [5.74, 6) is 7.20. The van der Waals surface area contributed by atoms with E-state index in [-0.39, 0.29) is 12.1 Å². The molecule has 94 valence electrons. The van der Waals surface area contributed by atoms with Gasteiger partial charge in [-0.05, 0) is 24.7 Å². The highest BCUT2D eigenvalue weighted by Gasteiger charge is 2.33. The highest BCUT2D eigenvalue weighted by molar-refractivity contribution is 4.86. The molecule has 0 aromatic carbocycles. The summed E-state index contributed by atoms with van der Waals surface area (Å²) in [4.78, 5) is 0. The fourth-order valence-corrected chi connectivity index (χ4v) is 2.91. The van der Waals surface area contributed by atoms with E-state index in [1.165, 1.54) is 25.7 Å². The maximum atomic E-state index is 5.74. The van der Waals surface area contributed by atoms with Crippen LogP contribution in [0.5, 0.6) is 0 Å². The second-order valence-corrected chi connectivity index (χ2v) is 5.20. The quantitative estimate of drug-likeness (QED) is 0.560. The highest BCUT2D eigenvalue weighted by Crippen LogP contribution is 2.32. The Balaban J connectivity index is 1.88. The van der Waals surface area contributed by atoms with Crippen molar-refractivity contribution in [1.82, 2.24) is 5.43 Å². The monoisotopic (exact) mass is 228 g/mol. The standard InChI is InChI=1S/C12H24N2O2/c1-9-2-4-10(5-3-9)12(14-13)11-8-15-6-7-16-11/h9-12,14H,2-8,13H2,1H3. The van der Waals surface area contributed by atoms with E-state index in [9.17, 15) is 0 Å². The smallest absolute Gasteiger partial charge is 0.0978 e. The largest absolute Gasteiger partial charge is 0.376 e. The molecule has 4 heteroatoms. The molecule has 1 aliphatic carbocycles. The third-order valence-corrected chi connectivity index (χ3v) is 4.00. The van der Waals surface area contributed by atoms with Crippen LogP contribution in [0.1, 0.15) is 32.6 Å². The Bertz CT molecular complexity index is 199.